The fourth-order valence-corrected chi connectivity index (χ4v) is 1.19. The largest absolute Gasteiger partial charge is 0.497 e. The highest BCUT2D eigenvalue weighted by atomic mass is 32.2. The van der Waals surface area contributed by atoms with E-state index in [-0.39, 0.29) is 0 Å². The Hall–Kier alpha value is -1.03. The van der Waals surface area contributed by atoms with Crippen LogP contribution in [0.15, 0.2) is 24.0 Å². The Morgan fingerprint density at radius 2 is 2.18 bits per heavy atom. The van der Waals surface area contributed by atoms with Crippen molar-refractivity contribution in [3.8, 4) is 0 Å². The van der Waals surface area contributed by atoms with Crippen LogP contribution < -0.4 is 0 Å². The number of ether oxygens (including phenoxy) is 1. The predicted molar refractivity (Wildman–Crippen MR) is 42.8 cm³/mol. The van der Waals surface area contributed by atoms with Crippen LogP contribution in [0.5, 0.6) is 0 Å². The maximum Gasteiger partial charge on any atom is 0.217 e. The summed E-state index contributed by atoms with van der Waals surface area (Å²) < 4.78 is 25.7. The van der Waals surface area contributed by atoms with Gasteiger partial charge in [0.25, 0.3) is 0 Å². The second kappa shape index (κ2) is 3.39. The molecule has 0 aromatic rings. The lowest BCUT2D eigenvalue weighted by Crippen LogP contribution is -1.99. The Bertz CT molecular complexity index is 325. The van der Waals surface area contributed by atoms with Gasteiger partial charge in [-0.3, -0.25) is 0 Å². The lowest BCUT2D eigenvalue weighted by Gasteiger charge is -2.03. The molecule has 1 rings (SSSR count). The van der Waals surface area contributed by atoms with Gasteiger partial charge in [0, 0.05) is 6.42 Å². The lowest BCUT2D eigenvalue weighted by molar-refractivity contribution is 0.305. The Kier molecular flexibility index (Phi) is 2.48. The van der Waals surface area contributed by atoms with Crippen molar-refractivity contribution in [2.24, 2.45) is 0 Å². The minimum Gasteiger partial charge on any atom is -0.497 e. The predicted octanol–water partition coefficient (Wildman–Crippen LogP) is 0.528. The lowest BCUT2D eigenvalue weighted by atomic mass is 10.2. The number of hydrogen-bond acceptors (Lipinski definition) is 3. The smallest absolute Gasteiger partial charge is 0.217 e. The first-order valence-electron chi connectivity index (χ1n) is 3.11. The first-order chi connectivity index (χ1) is 5.24. The zero-order valence-electron chi connectivity index (χ0n) is 6.07. The van der Waals surface area contributed by atoms with Gasteiger partial charge in [-0.15, -0.1) is 0 Å². The van der Waals surface area contributed by atoms with Crippen LogP contribution in [0.4, 0.5) is 0 Å². The summed E-state index contributed by atoms with van der Waals surface area (Å²) in [6.07, 6.45) is 5.33. The van der Waals surface area contributed by atoms with E-state index in [4.69, 9.17) is 4.74 Å². The first kappa shape index (κ1) is 8.07. The third-order valence-corrected chi connectivity index (χ3v) is 2.12. The van der Waals surface area contributed by atoms with E-state index in [0.29, 0.717) is 17.0 Å². The van der Waals surface area contributed by atoms with Crippen LogP contribution in [0.2, 0.25) is 0 Å². The molecular weight excluding hydrogens is 164 g/mol. The third-order valence-electron chi connectivity index (χ3n) is 1.39. The van der Waals surface area contributed by atoms with Crippen LogP contribution in [0.1, 0.15) is 6.42 Å². The van der Waals surface area contributed by atoms with Crippen molar-refractivity contribution >= 4 is 15.2 Å². The molecular formula is C7H8O3S. The molecule has 1 aliphatic rings. The highest BCUT2D eigenvalue weighted by Crippen LogP contribution is 2.07. The normalized spacial score (nSPS) is 16.1. The van der Waals surface area contributed by atoms with Crippen molar-refractivity contribution in [3.05, 3.63) is 24.0 Å². The van der Waals surface area contributed by atoms with Gasteiger partial charge in [-0.1, -0.05) is 0 Å². The van der Waals surface area contributed by atoms with Crippen molar-refractivity contribution in [2.75, 3.05) is 7.11 Å². The number of rotatable bonds is 1. The molecule has 60 valence electrons. The number of hydrogen-bond donors (Lipinski definition) is 0. The number of methoxy groups -OCH3 is 1. The molecule has 0 saturated heterocycles. The van der Waals surface area contributed by atoms with Crippen molar-refractivity contribution in [1.82, 2.24) is 0 Å². The van der Waals surface area contributed by atoms with Crippen LogP contribution in [0.3, 0.4) is 0 Å². The van der Waals surface area contributed by atoms with Gasteiger partial charge in [0.05, 0.1) is 12.0 Å². The molecule has 0 aromatic heterocycles. The molecule has 0 radical (unpaired) electrons. The summed E-state index contributed by atoms with van der Waals surface area (Å²) in [5, 5.41) is 0. The topological polar surface area (TPSA) is 43.4 Å². The van der Waals surface area contributed by atoms with Crippen LogP contribution in [-0.2, 0) is 15.0 Å². The van der Waals surface area contributed by atoms with Crippen molar-refractivity contribution in [1.29, 1.82) is 0 Å². The zero-order valence-corrected chi connectivity index (χ0v) is 6.89. The summed E-state index contributed by atoms with van der Waals surface area (Å²) in [6.45, 7) is 0. The quantitative estimate of drug-likeness (QED) is 0.542. The molecule has 0 fully saturated rings. The molecule has 11 heavy (non-hydrogen) atoms. The maximum absolute atomic E-state index is 10.4. The van der Waals surface area contributed by atoms with Gasteiger partial charge in [-0.25, -0.2) is 0 Å². The fourth-order valence-electron chi connectivity index (χ4n) is 0.787. The second-order valence-electron chi connectivity index (χ2n) is 2.05. The molecule has 0 heterocycles. The average Bonchev–Trinajstić information content (AvgIpc) is 2.05. The van der Waals surface area contributed by atoms with Gasteiger partial charge < -0.3 is 4.74 Å². The van der Waals surface area contributed by atoms with E-state index in [1.165, 1.54) is 0 Å². The van der Waals surface area contributed by atoms with Crippen molar-refractivity contribution < 1.29 is 13.2 Å². The summed E-state index contributed by atoms with van der Waals surface area (Å²) in [6, 6.07) is 0. The molecule has 3 nitrogen and oxygen atoms in total. The van der Waals surface area contributed by atoms with Crippen LogP contribution in [0.25, 0.3) is 0 Å². The Balaban J connectivity index is 2.89. The van der Waals surface area contributed by atoms with E-state index in [1.54, 1.807) is 25.3 Å². The molecule has 0 unspecified atom stereocenters. The Morgan fingerprint density at radius 1 is 1.45 bits per heavy atom. The third kappa shape index (κ3) is 1.94. The molecule has 0 bridgehead atoms. The average molecular weight is 172 g/mol. The van der Waals surface area contributed by atoms with Gasteiger partial charge in [-0.05, 0) is 18.2 Å². The van der Waals surface area contributed by atoms with E-state index < -0.39 is 10.3 Å². The molecule has 0 aromatic carbocycles. The molecule has 4 heteroatoms. The highest BCUT2D eigenvalue weighted by molar-refractivity contribution is 7.73. The summed E-state index contributed by atoms with van der Waals surface area (Å²) >= 11 is 0. The van der Waals surface area contributed by atoms with Gasteiger partial charge >= 0.3 is 0 Å². The second-order valence-corrected chi connectivity index (χ2v) is 3.04. The molecule has 0 N–H and O–H groups in total. The zero-order chi connectivity index (χ0) is 8.27. The minimum absolute atomic E-state index is 0.394. The highest BCUT2D eigenvalue weighted by Gasteiger charge is 2.02. The van der Waals surface area contributed by atoms with E-state index in [9.17, 15) is 8.42 Å². The van der Waals surface area contributed by atoms with Crippen LogP contribution >= 0.6 is 0 Å². The number of allylic oxidation sites excluding steroid dienone is 3. The molecule has 0 spiro atoms. The standard InChI is InChI=1S/C7H8O3S/c1-10-6-2-4-7(5-3-6)11(8)9/h2-4H,5H2,1H3. The Morgan fingerprint density at radius 3 is 2.55 bits per heavy atom. The Labute approximate surface area is 66.5 Å². The van der Waals surface area contributed by atoms with Gasteiger partial charge in [0.2, 0.25) is 10.3 Å². The van der Waals surface area contributed by atoms with Gasteiger partial charge in [-0.2, -0.15) is 8.42 Å². The molecule has 0 saturated carbocycles. The van der Waals surface area contributed by atoms with Gasteiger partial charge in [0.1, 0.15) is 5.76 Å². The van der Waals surface area contributed by atoms with Crippen molar-refractivity contribution in [3.63, 3.8) is 0 Å². The first-order valence-corrected chi connectivity index (χ1v) is 4.19. The van der Waals surface area contributed by atoms with E-state index >= 15 is 0 Å². The summed E-state index contributed by atoms with van der Waals surface area (Å²) in [7, 11) is -0.538. The summed E-state index contributed by atoms with van der Waals surface area (Å²) in [5.41, 5.74) is 0. The summed E-state index contributed by atoms with van der Waals surface area (Å²) in [5.74, 6) is 0.708. The van der Waals surface area contributed by atoms with E-state index in [2.05, 4.69) is 0 Å². The fraction of sp³-hybridized carbons (Fsp3) is 0.286. The van der Waals surface area contributed by atoms with E-state index in [1.807, 2.05) is 0 Å². The van der Waals surface area contributed by atoms with E-state index in [0.717, 1.165) is 0 Å². The summed E-state index contributed by atoms with van der Waals surface area (Å²) in [4.78, 5) is 0.394. The van der Waals surface area contributed by atoms with Crippen molar-refractivity contribution in [2.45, 2.75) is 6.42 Å². The monoisotopic (exact) mass is 172 g/mol. The minimum atomic E-state index is -2.09. The molecule has 1 aliphatic carbocycles. The van der Waals surface area contributed by atoms with Gasteiger partial charge in [0.15, 0.2) is 0 Å². The molecule has 0 aliphatic heterocycles. The maximum atomic E-state index is 10.4. The SMILES string of the molecule is COC1=CCC(=S(=O)=O)C=C1. The molecule has 0 amide bonds. The van der Waals surface area contributed by atoms with Crippen LogP contribution in [-0.4, -0.2) is 20.4 Å². The van der Waals surface area contributed by atoms with Crippen LogP contribution in [0, 0.1) is 0 Å². The molecule has 0 atom stereocenters.